The van der Waals surface area contributed by atoms with E-state index in [1.54, 1.807) is 0 Å². The Hall–Kier alpha value is -2.93. The van der Waals surface area contributed by atoms with Gasteiger partial charge in [0.15, 0.2) is 0 Å². The van der Waals surface area contributed by atoms with Crippen LogP contribution < -0.4 is 15.8 Å². The van der Waals surface area contributed by atoms with E-state index < -0.39 is 23.7 Å². The van der Waals surface area contributed by atoms with Gasteiger partial charge in [-0.1, -0.05) is 30.3 Å². The van der Waals surface area contributed by atoms with Crippen molar-refractivity contribution in [2.24, 2.45) is 5.73 Å². The second-order valence-electron chi connectivity index (χ2n) is 5.29. The molecule has 0 aromatic heterocycles. The number of nitrogens with one attached hydrogen (secondary N) is 1. The molecular formula is C18H19FN2O4. The standard InChI is InChI=1S/C18H19FN2O4/c1-24-16-9-13(19)7-8-15(16)21-18(23)14(20)10-17(22)25-11-12-5-3-2-4-6-12/h2-9,14H,10-11,20H2,1H3,(H,21,23)/t14-/m0/s1. The highest BCUT2D eigenvalue weighted by Gasteiger charge is 2.20. The number of esters is 1. The van der Waals surface area contributed by atoms with Crippen LogP contribution >= 0.6 is 0 Å². The van der Waals surface area contributed by atoms with E-state index >= 15 is 0 Å². The fraction of sp³-hybridized carbons (Fsp3) is 0.222. The minimum Gasteiger partial charge on any atom is -0.494 e. The Balaban J connectivity index is 1.86. The number of hydrogen-bond acceptors (Lipinski definition) is 5. The molecule has 0 saturated heterocycles. The number of nitrogens with two attached hydrogens (primary N) is 1. The van der Waals surface area contributed by atoms with Gasteiger partial charge in [0.1, 0.15) is 18.2 Å². The predicted octanol–water partition coefficient (Wildman–Crippen LogP) is 2.23. The summed E-state index contributed by atoms with van der Waals surface area (Å²) >= 11 is 0. The smallest absolute Gasteiger partial charge is 0.308 e. The molecular weight excluding hydrogens is 327 g/mol. The maximum atomic E-state index is 13.1. The minimum atomic E-state index is -1.10. The molecule has 0 saturated carbocycles. The number of halogens is 1. The summed E-state index contributed by atoms with van der Waals surface area (Å²) in [5.41, 5.74) is 6.83. The van der Waals surface area contributed by atoms with E-state index in [1.807, 2.05) is 30.3 Å². The molecule has 0 aliphatic rings. The molecule has 0 aliphatic carbocycles. The molecule has 0 bridgehead atoms. The minimum absolute atomic E-state index is 0.111. The molecule has 25 heavy (non-hydrogen) atoms. The van der Waals surface area contributed by atoms with Crippen LogP contribution in [0.4, 0.5) is 10.1 Å². The topological polar surface area (TPSA) is 90.6 Å². The van der Waals surface area contributed by atoms with Crippen LogP contribution in [0.5, 0.6) is 5.75 Å². The van der Waals surface area contributed by atoms with Gasteiger partial charge in [-0.25, -0.2) is 4.39 Å². The van der Waals surface area contributed by atoms with Gasteiger partial charge in [-0.2, -0.15) is 0 Å². The quantitative estimate of drug-likeness (QED) is 0.750. The van der Waals surface area contributed by atoms with Crippen LogP contribution in [0.2, 0.25) is 0 Å². The van der Waals surface area contributed by atoms with E-state index in [2.05, 4.69) is 5.32 Å². The van der Waals surface area contributed by atoms with Gasteiger partial charge in [0.25, 0.3) is 0 Å². The van der Waals surface area contributed by atoms with Crippen molar-refractivity contribution in [3.8, 4) is 5.75 Å². The first kappa shape index (κ1) is 18.4. The summed E-state index contributed by atoms with van der Waals surface area (Å²) in [5, 5.41) is 2.50. The Morgan fingerprint density at radius 2 is 1.92 bits per heavy atom. The van der Waals surface area contributed by atoms with Gasteiger partial charge < -0.3 is 20.5 Å². The van der Waals surface area contributed by atoms with Crippen molar-refractivity contribution in [3.63, 3.8) is 0 Å². The number of hydrogen-bond donors (Lipinski definition) is 2. The summed E-state index contributed by atoms with van der Waals surface area (Å²) in [4.78, 5) is 23.9. The zero-order chi connectivity index (χ0) is 18.2. The van der Waals surface area contributed by atoms with Crippen molar-refractivity contribution in [2.45, 2.75) is 19.1 Å². The Bertz CT molecular complexity index is 737. The SMILES string of the molecule is COc1cc(F)ccc1NC(=O)[C@@H](N)CC(=O)OCc1ccccc1. The van der Waals surface area contributed by atoms with Crippen LogP contribution in [0, 0.1) is 5.82 Å². The first-order valence-electron chi connectivity index (χ1n) is 7.59. The molecule has 0 radical (unpaired) electrons. The average Bonchev–Trinajstić information content (AvgIpc) is 2.62. The van der Waals surface area contributed by atoms with E-state index in [-0.39, 0.29) is 24.5 Å². The molecule has 0 unspecified atom stereocenters. The van der Waals surface area contributed by atoms with Crippen LogP contribution in [0.3, 0.4) is 0 Å². The normalized spacial score (nSPS) is 11.5. The fourth-order valence-electron chi connectivity index (χ4n) is 2.06. The highest BCUT2D eigenvalue weighted by atomic mass is 19.1. The molecule has 7 heteroatoms. The van der Waals surface area contributed by atoms with Gasteiger partial charge in [0.2, 0.25) is 5.91 Å². The molecule has 2 aromatic rings. The van der Waals surface area contributed by atoms with Crippen LogP contribution in [-0.2, 0) is 20.9 Å². The number of benzene rings is 2. The fourth-order valence-corrected chi connectivity index (χ4v) is 2.06. The third-order valence-electron chi connectivity index (χ3n) is 3.39. The summed E-state index contributed by atoms with van der Waals surface area (Å²) in [6.45, 7) is 0.111. The second kappa shape index (κ2) is 8.79. The number of carbonyl (C=O) groups excluding carboxylic acids is 2. The van der Waals surface area contributed by atoms with Crippen molar-refractivity contribution in [1.29, 1.82) is 0 Å². The first-order valence-corrected chi connectivity index (χ1v) is 7.59. The molecule has 0 fully saturated rings. The summed E-state index contributed by atoms with van der Waals surface area (Å²) in [7, 11) is 1.35. The monoisotopic (exact) mass is 346 g/mol. The lowest BCUT2D eigenvalue weighted by Gasteiger charge is -2.14. The maximum absolute atomic E-state index is 13.1. The van der Waals surface area contributed by atoms with Crippen LogP contribution in [0.15, 0.2) is 48.5 Å². The highest BCUT2D eigenvalue weighted by molar-refractivity contribution is 5.97. The molecule has 0 spiro atoms. The van der Waals surface area contributed by atoms with E-state index in [0.29, 0.717) is 0 Å². The predicted molar refractivity (Wildman–Crippen MR) is 90.4 cm³/mol. The lowest BCUT2D eigenvalue weighted by Crippen LogP contribution is -2.38. The number of anilines is 1. The number of amides is 1. The maximum Gasteiger partial charge on any atom is 0.308 e. The van der Waals surface area contributed by atoms with Gasteiger partial charge in [-0.3, -0.25) is 9.59 Å². The van der Waals surface area contributed by atoms with E-state index in [1.165, 1.54) is 19.2 Å². The van der Waals surface area contributed by atoms with Gasteiger partial charge in [0, 0.05) is 6.07 Å². The van der Waals surface area contributed by atoms with E-state index in [4.69, 9.17) is 15.2 Å². The molecule has 0 aliphatic heterocycles. The lowest BCUT2D eigenvalue weighted by atomic mass is 10.2. The Kier molecular flexibility index (Phi) is 6.47. The van der Waals surface area contributed by atoms with Crippen molar-refractivity contribution in [3.05, 3.63) is 59.9 Å². The largest absolute Gasteiger partial charge is 0.494 e. The van der Waals surface area contributed by atoms with Crippen molar-refractivity contribution in [1.82, 2.24) is 0 Å². The third kappa shape index (κ3) is 5.58. The lowest BCUT2D eigenvalue weighted by molar-refractivity contribution is -0.146. The van der Waals surface area contributed by atoms with Crippen molar-refractivity contribution >= 4 is 17.6 Å². The van der Waals surface area contributed by atoms with Crippen molar-refractivity contribution in [2.75, 3.05) is 12.4 Å². The summed E-state index contributed by atoms with van der Waals surface area (Å²) < 4.78 is 23.2. The van der Waals surface area contributed by atoms with Crippen LogP contribution in [-0.4, -0.2) is 25.0 Å². The summed E-state index contributed by atoms with van der Waals surface area (Å²) in [5.74, 6) is -1.52. The number of carbonyl (C=O) groups is 2. The molecule has 0 heterocycles. The molecule has 2 rings (SSSR count). The zero-order valence-corrected chi connectivity index (χ0v) is 13.7. The molecule has 1 atom stereocenters. The average molecular weight is 346 g/mol. The first-order chi connectivity index (χ1) is 12.0. The summed E-state index contributed by atoms with van der Waals surface area (Å²) in [6, 6.07) is 11.7. The van der Waals surface area contributed by atoms with E-state index in [0.717, 1.165) is 11.6 Å². The Morgan fingerprint density at radius 1 is 1.20 bits per heavy atom. The molecule has 132 valence electrons. The van der Waals surface area contributed by atoms with Gasteiger partial charge in [0.05, 0.1) is 25.3 Å². The summed E-state index contributed by atoms with van der Waals surface area (Å²) in [6.07, 6.45) is -0.276. The van der Waals surface area contributed by atoms with Gasteiger partial charge in [-0.15, -0.1) is 0 Å². The highest BCUT2D eigenvalue weighted by Crippen LogP contribution is 2.25. The zero-order valence-electron chi connectivity index (χ0n) is 13.7. The van der Waals surface area contributed by atoms with Gasteiger partial charge >= 0.3 is 5.97 Å². The number of rotatable bonds is 7. The molecule has 3 N–H and O–H groups in total. The third-order valence-corrected chi connectivity index (χ3v) is 3.39. The van der Waals surface area contributed by atoms with Crippen LogP contribution in [0.1, 0.15) is 12.0 Å². The second-order valence-corrected chi connectivity index (χ2v) is 5.29. The van der Waals surface area contributed by atoms with Crippen LogP contribution in [0.25, 0.3) is 0 Å². The number of methoxy groups -OCH3 is 1. The molecule has 1 amide bonds. The van der Waals surface area contributed by atoms with Crippen molar-refractivity contribution < 1.29 is 23.5 Å². The Morgan fingerprint density at radius 3 is 2.60 bits per heavy atom. The molecule has 2 aromatic carbocycles. The molecule has 6 nitrogen and oxygen atoms in total. The Labute approximate surface area is 144 Å². The van der Waals surface area contributed by atoms with Gasteiger partial charge in [-0.05, 0) is 17.7 Å². The number of ether oxygens (including phenoxy) is 2. The van der Waals surface area contributed by atoms with E-state index in [9.17, 15) is 14.0 Å².